The van der Waals surface area contributed by atoms with Crippen molar-refractivity contribution in [3.8, 4) is 22.8 Å². The van der Waals surface area contributed by atoms with Gasteiger partial charge in [-0.1, -0.05) is 25.1 Å². The van der Waals surface area contributed by atoms with Crippen molar-refractivity contribution in [3.63, 3.8) is 0 Å². The van der Waals surface area contributed by atoms with E-state index in [0.717, 1.165) is 17.4 Å². The van der Waals surface area contributed by atoms with Gasteiger partial charge in [0.2, 0.25) is 5.91 Å². The number of carbonyl (C=O) groups excluding carboxylic acids is 2. The summed E-state index contributed by atoms with van der Waals surface area (Å²) in [7, 11) is 3.15. The van der Waals surface area contributed by atoms with Crippen LogP contribution in [0.25, 0.3) is 22.2 Å². The maximum Gasteiger partial charge on any atom is 0.252 e. The van der Waals surface area contributed by atoms with Crippen LogP contribution < -0.4 is 20.1 Å². The van der Waals surface area contributed by atoms with Gasteiger partial charge in [0.15, 0.2) is 11.5 Å². The van der Waals surface area contributed by atoms with E-state index >= 15 is 0 Å². The van der Waals surface area contributed by atoms with Gasteiger partial charge in [0.25, 0.3) is 5.91 Å². The van der Waals surface area contributed by atoms with E-state index in [2.05, 4.69) is 10.6 Å². The molecule has 0 aliphatic rings. The Hall–Kier alpha value is -3.61. The maximum atomic E-state index is 12.9. The number of amides is 2. The van der Waals surface area contributed by atoms with Gasteiger partial charge in [-0.3, -0.25) is 9.59 Å². The number of aromatic nitrogens is 1. The second-order valence-electron chi connectivity index (χ2n) is 7.00. The van der Waals surface area contributed by atoms with Crippen molar-refractivity contribution >= 4 is 22.7 Å². The van der Waals surface area contributed by atoms with Crippen LogP contribution in [-0.4, -0.2) is 44.1 Å². The summed E-state index contributed by atoms with van der Waals surface area (Å²) in [6.45, 7) is 2.89. The van der Waals surface area contributed by atoms with Gasteiger partial charge in [0.05, 0.1) is 31.0 Å². The standard InChI is InChI=1S/C24H27N3O4/c1-4-12-25-23(28)11-13-26-24(29)18-15-20(27-19-8-6-5-7-17(18)19)16-9-10-21(30-2)22(14-16)31-3/h5-10,14-15H,4,11-13H2,1-3H3,(H,25,28)(H,26,29). The SMILES string of the molecule is CCCNC(=O)CCNC(=O)c1cc(-c2ccc(OC)c(OC)c2)nc2ccccc12. The van der Waals surface area contributed by atoms with Gasteiger partial charge in [-0.2, -0.15) is 0 Å². The van der Waals surface area contributed by atoms with Gasteiger partial charge in [-0.05, 0) is 36.8 Å². The summed E-state index contributed by atoms with van der Waals surface area (Å²) < 4.78 is 10.7. The lowest BCUT2D eigenvalue weighted by atomic mass is 10.0. The molecule has 31 heavy (non-hydrogen) atoms. The van der Waals surface area contributed by atoms with Crippen molar-refractivity contribution in [1.29, 1.82) is 0 Å². The summed E-state index contributed by atoms with van der Waals surface area (Å²) in [6.07, 6.45) is 1.11. The Bertz CT molecular complexity index is 1080. The molecular formula is C24H27N3O4. The number of pyridine rings is 1. The van der Waals surface area contributed by atoms with Crippen molar-refractivity contribution in [2.24, 2.45) is 0 Å². The van der Waals surface area contributed by atoms with Crippen molar-refractivity contribution in [1.82, 2.24) is 15.6 Å². The first-order valence-corrected chi connectivity index (χ1v) is 10.2. The highest BCUT2D eigenvalue weighted by molar-refractivity contribution is 6.07. The number of benzene rings is 2. The first-order chi connectivity index (χ1) is 15.1. The minimum absolute atomic E-state index is 0.0762. The molecule has 0 radical (unpaired) electrons. The van der Waals surface area contributed by atoms with Crippen molar-refractivity contribution < 1.29 is 19.1 Å². The second kappa shape index (κ2) is 10.4. The molecule has 0 aliphatic carbocycles. The van der Waals surface area contributed by atoms with E-state index in [4.69, 9.17) is 14.5 Å². The highest BCUT2D eigenvalue weighted by atomic mass is 16.5. The number of ether oxygens (including phenoxy) is 2. The van der Waals surface area contributed by atoms with Crippen molar-refractivity contribution in [3.05, 3.63) is 54.1 Å². The Morgan fingerprint density at radius 1 is 0.935 bits per heavy atom. The number of carbonyl (C=O) groups is 2. The van der Waals surface area contributed by atoms with Gasteiger partial charge in [-0.15, -0.1) is 0 Å². The second-order valence-corrected chi connectivity index (χ2v) is 7.00. The molecule has 1 heterocycles. The number of para-hydroxylation sites is 1. The van der Waals surface area contributed by atoms with Crippen LogP contribution in [0.2, 0.25) is 0 Å². The largest absolute Gasteiger partial charge is 0.493 e. The van der Waals surface area contributed by atoms with Crippen LogP contribution in [0.5, 0.6) is 11.5 Å². The molecule has 0 saturated carbocycles. The quantitative estimate of drug-likeness (QED) is 0.551. The third-order valence-corrected chi connectivity index (χ3v) is 4.85. The third-order valence-electron chi connectivity index (χ3n) is 4.85. The molecule has 2 N–H and O–H groups in total. The fourth-order valence-electron chi connectivity index (χ4n) is 3.24. The van der Waals surface area contributed by atoms with E-state index in [1.165, 1.54) is 0 Å². The Morgan fingerprint density at radius 2 is 1.71 bits per heavy atom. The summed E-state index contributed by atoms with van der Waals surface area (Å²) in [5.74, 6) is 0.877. The van der Waals surface area contributed by atoms with Crippen molar-refractivity contribution in [2.45, 2.75) is 19.8 Å². The molecule has 0 bridgehead atoms. The minimum Gasteiger partial charge on any atom is -0.493 e. The number of fused-ring (bicyclic) bond motifs is 1. The lowest BCUT2D eigenvalue weighted by Crippen LogP contribution is -2.31. The van der Waals surface area contributed by atoms with Crippen LogP contribution in [0.4, 0.5) is 0 Å². The smallest absolute Gasteiger partial charge is 0.252 e. The molecule has 1 aromatic heterocycles. The number of hydrogen-bond acceptors (Lipinski definition) is 5. The Kier molecular flexibility index (Phi) is 7.43. The van der Waals surface area contributed by atoms with Gasteiger partial charge in [-0.25, -0.2) is 4.98 Å². The van der Waals surface area contributed by atoms with Gasteiger partial charge >= 0.3 is 0 Å². The lowest BCUT2D eigenvalue weighted by molar-refractivity contribution is -0.120. The lowest BCUT2D eigenvalue weighted by Gasteiger charge is -2.12. The van der Waals surface area contributed by atoms with Crippen LogP contribution >= 0.6 is 0 Å². The molecule has 3 aromatic rings. The van der Waals surface area contributed by atoms with E-state index in [0.29, 0.717) is 34.8 Å². The minimum atomic E-state index is -0.247. The molecule has 0 unspecified atom stereocenters. The highest BCUT2D eigenvalue weighted by Gasteiger charge is 2.15. The summed E-state index contributed by atoms with van der Waals surface area (Å²) in [4.78, 5) is 29.5. The van der Waals surface area contributed by atoms with E-state index in [1.807, 2.05) is 43.3 Å². The average molecular weight is 421 g/mol. The molecule has 3 rings (SSSR count). The first kappa shape index (κ1) is 22.1. The molecule has 0 atom stereocenters. The number of methoxy groups -OCH3 is 2. The number of nitrogens with one attached hydrogen (secondary N) is 2. The molecule has 0 fully saturated rings. The first-order valence-electron chi connectivity index (χ1n) is 10.2. The van der Waals surface area contributed by atoms with E-state index in [-0.39, 0.29) is 24.8 Å². The zero-order valence-corrected chi connectivity index (χ0v) is 18.0. The van der Waals surface area contributed by atoms with Crippen LogP contribution in [0.15, 0.2) is 48.5 Å². The highest BCUT2D eigenvalue weighted by Crippen LogP contribution is 2.33. The Balaban J connectivity index is 1.89. The van der Waals surface area contributed by atoms with Crippen molar-refractivity contribution in [2.75, 3.05) is 27.3 Å². The van der Waals surface area contributed by atoms with Crippen LogP contribution in [0.1, 0.15) is 30.1 Å². The molecule has 7 nitrogen and oxygen atoms in total. The number of rotatable bonds is 9. The zero-order valence-electron chi connectivity index (χ0n) is 18.0. The topological polar surface area (TPSA) is 89.6 Å². The maximum absolute atomic E-state index is 12.9. The Morgan fingerprint density at radius 3 is 2.45 bits per heavy atom. The summed E-state index contributed by atoms with van der Waals surface area (Å²) in [6, 6.07) is 14.8. The summed E-state index contributed by atoms with van der Waals surface area (Å²) in [5.41, 5.74) is 2.66. The van der Waals surface area contributed by atoms with Crippen LogP contribution in [-0.2, 0) is 4.79 Å². The van der Waals surface area contributed by atoms with Gasteiger partial charge in [0, 0.05) is 30.5 Å². The summed E-state index contributed by atoms with van der Waals surface area (Å²) >= 11 is 0. The Labute approximate surface area is 181 Å². The zero-order chi connectivity index (χ0) is 22.2. The average Bonchev–Trinajstić information content (AvgIpc) is 2.81. The van der Waals surface area contributed by atoms with Gasteiger partial charge < -0.3 is 20.1 Å². The number of hydrogen-bond donors (Lipinski definition) is 2. The molecule has 0 saturated heterocycles. The van der Waals surface area contributed by atoms with Crippen LogP contribution in [0, 0.1) is 0 Å². The van der Waals surface area contributed by atoms with E-state index in [1.54, 1.807) is 26.4 Å². The number of nitrogens with zero attached hydrogens (tertiary/aromatic N) is 1. The molecule has 0 spiro atoms. The summed E-state index contributed by atoms with van der Waals surface area (Å²) in [5, 5.41) is 6.40. The van der Waals surface area contributed by atoms with Crippen LogP contribution in [0.3, 0.4) is 0 Å². The fraction of sp³-hybridized carbons (Fsp3) is 0.292. The predicted octanol–water partition coefficient (Wildman–Crippen LogP) is 3.57. The molecule has 2 aromatic carbocycles. The van der Waals surface area contributed by atoms with Gasteiger partial charge in [0.1, 0.15) is 0 Å². The predicted molar refractivity (Wildman–Crippen MR) is 121 cm³/mol. The monoisotopic (exact) mass is 421 g/mol. The van der Waals surface area contributed by atoms with E-state index < -0.39 is 0 Å². The fourth-order valence-corrected chi connectivity index (χ4v) is 3.24. The molecule has 162 valence electrons. The third kappa shape index (κ3) is 5.31. The molecule has 0 aliphatic heterocycles. The molecule has 2 amide bonds. The molecule has 7 heteroatoms. The normalized spacial score (nSPS) is 10.5. The van der Waals surface area contributed by atoms with E-state index in [9.17, 15) is 9.59 Å². The molecular weight excluding hydrogens is 394 g/mol.